The summed E-state index contributed by atoms with van der Waals surface area (Å²) in [6.07, 6.45) is 6.65. The molecule has 0 fully saturated rings. The molecule has 0 bridgehead atoms. The third kappa shape index (κ3) is 2.81. The van der Waals surface area contributed by atoms with Crippen molar-refractivity contribution in [3.05, 3.63) is 23.9 Å². The molecule has 0 aromatic heterocycles. The van der Waals surface area contributed by atoms with Gasteiger partial charge in [0.15, 0.2) is 0 Å². The predicted octanol–water partition coefficient (Wildman–Crippen LogP) is 2.12. The molecule has 2 heterocycles. The first-order chi connectivity index (χ1) is 7.96. The average molecular weight is 233 g/mol. The highest BCUT2D eigenvalue weighted by molar-refractivity contribution is 6.23. The predicted molar refractivity (Wildman–Crippen MR) is 66.1 cm³/mol. The van der Waals surface area contributed by atoms with Gasteiger partial charge in [0.25, 0.3) is 0 Å². The summed E-state index contributed by atoms with van der Waals surface area (Å²) >= 11 is 0. The summed E-state index contributed by atoms with van der Waals surface area (Å²) in [5.74, 6) is 0. The van der Waals surface area contributed by atoms with Crippen LogP contribution < -0.4 is 0 Å². The second-order valence-electron chi connectivity index (χ2n) is 4.84. The fourth-order valence-corrected chi connectivity index (χ4v) is 1.44. The van der Waals surface area contributed by atoms with Crippen molar-refractivity contribution in [1.82, 2.24) is 4.90 Å². The number of rotatable bonds is 0. The summed E-state index contributed by atoms with van der Waals surface area (Å²) < 4.78 is 5.29. The molecule has 0 saturated heterocycles. The Kier molecular flexibility index (Phi) is 2.83. The molecule has 5 heteroatoms. The Morgan fingerprint density at radius 2 is 2.24 bits per heavy atom. The van der Waals surface area contributed by atoms with Gasteiger partial charge in [-0.1, -0.05) is 6.08 Å². The lowest BCUT2D eigenvalue weighted by Gasteiger charge is -2.24. The van der Waals surface area contributed by atoms with Gasteiger partial charge in [-0.2, -0.15) is 10.2 Å². The van der Waals surface area contributed by atoms with Crippen LogP contribution in [0.15, 0.2) is 34.1 Å². The highest BCUT2D eigenvalue weighted by atomic mass is 16.6. The van der Waals surface area contributed by atoms with Crippen LogP contribution in [-0.4, -0.2) is 35.1 Å². The van der Waals surface area contributed by atoms with Crippen molar-refractivity contribution in [3.63, 3.8) is 0 Å². The molecule has 2 aliphatic rings. The molecule has 5 nitrogen and oxygen atoms in total. The van der Waals surface area contributed by atoms with E-state index in [9.17, 15) is 4.79 Å². The number of allylic oxidation sites excluding steroid dienone is 2. The fourth-order valence-electron chi connectivity index (χ4n) is 1.44. The quantitative estimate of drug-likeness (QED) is 0.643. The fraction of sp³-hybridized carbons (Fsp3) is 0.417. The monoisotopic (exact) mass is 233 g/mol. The summed E-state index contributed by atoms with van der Waals surface area (Å²) in [7, 11) is 0. The molecule has 2 aliphatic heterocycles. The third-order valence-corrected chi connectivity index (χ3v) is 2.21. The van der Waals surface area contributed by atoms with Crippen LogP contribution in [0.25, 0.3) is 0 Å². The van der Waals surface area contributed by atoms with Gasteiger partial charge in [-0.25, -0.2) is 4.79 Å². The van der Waals surface area contributed by atoms with E-state index < -0.39 is 5.60 Å². The summed E-state index contributed by atoms with van der Waals surface area (Å²) in [6, 6.07) is 0. The van der Waals surface area contributed by atoms with E-state index in [0.29, 0.717) is 6.54 Å². The van der Waals surface area contributed by atoms with E-state index in [1.165, 1.54) is 4.90 Å². The first kappa shape index (κ1) is 11.6. The van der Waals surface area contributed by atoms with E-state index in [-0.39, 0.29) is 6.09 Å². The molecule has 0 atom stereocenters. The lowest BCUT2D eigenvalue weighted by atomic mass is 10.2. The normalized spacial score (nSPS) is 18.4. The smallest absolute Gasteiger partial charge is 0.414 e. The van der Waals surface area contributed by atoms with Gasteiger partial charge in [-0.3, -0.25) is 4.90 Å². The highest BCUT2D eigenvalue weighted by Gasteiger charge is 2.22. The second-order valence-corrected chi connectivity index (χ2v) is 4.84. The van der Waals surface area contributed by atoms with Crippen LogP contribution in [0, 0.1) is 0 Å². The highest BCUT2D eigenvalue weighted by Crippen LogP contribution is 2.14. The van der Waals surface area contributed by atoms with Crippen LogP contribution in [0.2, 0.25) is 0 Å². The van der Waals surface area contributed by atoms with Crippen LogP contribution >= 0.6 is 0 Å². The molecule has 0 saturated carbocycles. The number of carbonyl (C=O) groups excluding carboxylic acids is 1. The summed E-state index contributed by atoms with van der Waals surface area (Å²) in [4.78, 5) is 13.3. The number of amides is 1. The van der Waals surface area contributed by atoms with Crippen molar-refractivity contribution in [2.75, 3.05) is 6.54 Å². The maximum absolute atomic E-state index is 11.8. The number of hydrogen-bond donors (Lipinski definition) is 0. The maximum atomic E-state index is 11.8. The third-order valence-electron chi connectivity index (χ3n) is 2.21. The van der Waals surface area contributed by atoms with Crippen LogP contribution in [0.1, 0.15) is 20.8 Å². The summed E-state index contributed by atoms with van der Waals surface area (Å²) in [6.45, 7) is 5.99. The SMILES string of the molecule is CC(C)(C)OC(=O)N1C=CC2=NN=CC2=CC1. The second kappa shape index (κ2) is 4.16. The van der Waals surface area contributed by atoms with E-state index in [1.807, 2.05) is 26.8 Å². The minimum Gasteiger partial charge on any atom is -0.443 e. The number of hydrogen-bond acceptors (Lipinski definition) is 4. The number of carbonyl (C=O) groups is 1. The van der Waals surface area contributed by atoms with Gasteiger partial charge in [0, 0.05) is 18.3 Å². The Morgan fingerprint density at radius 3 is 2.94 bits per heavy atom. The van der Waals surface area contributed by atoms with Crippen LogP contribution in [0.3, 0.4) is 0 Å². The van der Waals surface area contributed by atoms with Gasteiger partial charge < -0.3 is 4.74 Å². The van der Waals surface area contributed by atoms with Gasteiger partial charge in [-0.05, 0) is 26.8 Å². The Morgan fingerprint density at radius 1 is 1.47 bits per heavy atom. The van der Waals surface area contributed by atoms with Crippen LogP contribution in [-0.2, 0) is 4.74 Å². The topological polar surface area (TPSA) is 54.3 Å². The molecule has 0 spiro atoms. The maximum Gasteiger partial charge on any atom is 0.414 e. The van der Waals surface area contributed by atoms with Gasteiger partial charge in [0.2, 0.25) is 0 Å². The molecule has 0 radical (unpaired) electrons. The van der Waals surface area contributed by atoms with E-state index in [2.05, 4.69) is 10.2 Å². The molecule has 17 heavy (non-hydrogen) atoms. The van der Waals surface area contributed by atoms with Crippen molar-refractivity contribution in [1.29, 1.82) is 0 Å². The molecule has 0 aromatic rings. The minimum absolute atomic E-state index is 0.358. The zero-order valence-corrected chi connectivity index (χ0v) is 10.2. The Balaban J connectivity index is 2.08. The van der Waals surface area contributed by atoms with Crippen LogP contribution in [0.5, 0.6) is 0 Å². The van der Waals surface area contributed by atoms with Gasteiger partial charge in [0.05, 0.1) is 11.9 Å². The molecular weight excluding hydrogens is 218 g/mol. The average Bonchev–Trinajstić information content (AvgIpc) is 2.54. The number of nitrogens with zero attached hydrogens (tertiary/aromatic N) is 3. The number of ether oxygens (including phenoxy) is 1. The molecule has 90 valence electrons. The van der Waals surface area contributed by atoms with Crippen molar-refractivity contribution in [2.24, 2.45) is 10.2 Å². The molecule has 0 aliphatic carbocycles. The van der Waals surface area contributed by atoms with E-state index in [0.717, 1.165) is 11.3 Å². The van der Waals surface area contributed by atoms with Crippen molar-refractivity contribution >= 4 is 18.0 Å². The molecular formula is C12H15N3O2. The van der Waals surface area contributed by atoms with Gasteiger partial charge in [-0.15, -0.1) is 0 Å². The first-order valence-electron chi connectivity index (χ1n) is 5.45. The minimum atomic E-state index is -0.487. The molecule has 0 aromatic carbocycles. The molecule has 2 rings (SSSR count). The Bertz CT molecular complexity index is 453. The van der Waals surface area contributed by atoms with E-state index in [1.54, 1.807) is 18.5 Å². The molecule has 0 unspecified atom stereocenters. The molecule has 0 N–H and O–H groups in total. The van der Waals surface area contributed by atoms with Crippen molar-refractivity contribution < 1.29 is 9.53 Å². The lowest BCUT2D eigenvalue weighted by molar-refractivity contribution is 0.0352. The van der Waals surface area contributed by atoms with E-state index >= 15 is 0 Å². The van der Waals surface area contributed by atoms with Gasteiger partial charge in [0.1, 0.15) is 5.60 Å². The van der Waals surface area contributed by atoms with Crippen molar-refractivity contribution in [2.45, 2.75) is 26.4 Å². The van der Waals surface area contributed by atoms with Crippen molar-refractivity contribution in [3.8, 4) is 0 Å². The zero-order valence-electron chi connectivity index (χ0n) is 10.2. The molecule has 1 amide bonds. The Labute approximate surface area is 100 Å². The largest absolute Gasteiger partial charge is 0.443 e. The first-order valence-corrected chi connectivity index (χ1v) is 5.45. The van der Waals surface area contributed by atoms with E-state index in [4.69, 9.17) is 4.74 Å². The van der Waals surface area contributed by atoms with Gasteiger partial charge >= 0.3 is 6.09 Å². The zero-order chi connectivity index (χ0) is 12.5. The lowest BCUT2D eigenvalue weighted by Crippen LogP contribution is -2.33. The standard InChI is InChI=1S/C12H15N3O2/c1-12(2,3)17-11(16)15-6-4-9-8-13-14-10(9)5-7-15/h4-5,7-8H,6H2,1-3H3. The summed E-state index contributed by atoms with van der Waals surface area (Å²) in [5.41, 5.74) is 1.22. The van der Waals surface area contributed by atoms with Crippen LogP contribution in [0.4, 0.5) is 4.79 Å². The summed E-state index contributed by atoms with van der Waals surface area (Å²) in [5, 5.41) is 7.75. The Hall–Kier alpha value is -1.91. The number of fused-ring (bicyclic) bond motifs is 1.